The molecule has 0 spiro atoms. The zero-order chi connectivity index (χ0) is 17.1. The lowest BCUT2D eigenvalue weighted by atomic mass is 10.1. The number of aryl methyl sites for hydroxylation is 1. The highest BCUT2D eigenvalue weighted by Crippen LogP contribution is 2.26. The lowest BCUT2D eigenvalue weighted by Crippen LogP contribution is -2.50. The smallest absolute Gasteiger partial charge is 0.228 e. The van der Waals surface area contributed by atoms with Gasteiger partial charge in [-0.15, -0.1) is 0 Å². The Kier molecular flexibility index (Phi) is 5.19. The van der Waals surface area contributed by atoms with Crippen LogP contribution in [-0.4, -0.2) is 60.9 Å². The molecule has 1 aromatic rings. The van der Waals surface area contributed by atoms with E-state index in [0.717, 1.165) is 44.8 Å². The van der Waals surface area contributed by atoms with E-state index in [1.807, 2.05) is 36.1 Å². The van der Waals surface area contributed by atoms with Crippen molar-refractivity contribution in [2.45, 2.75) is 26.7 Å². The molecule has 5 heteroatoms. The fourth-order valence-electron chi connectivity index (χ4n) is 3.61. The Balaban J connectivity index is 1.59. The van der Waals surface area contributed by atoms with E-state index in [-0.39, 0.29) is 17.7 Å². The van der Waals surface area contributed by atoms with Crippen LogP contribution >= 0.6 is 0 Å². The molecule has 2 aliphatic rings. The number of piperazine rings is 1. The van der Waals surface area contributed by atoms with Gasteiger partial charge in [-0.2, -0.15) is 0 Å². The van der Waals surface area contributed by atoms with E-state index >= 15 is 0 Å². The minimum Gasteiger partial charge on any atom is -0.340 e. The number of anilines is 1. The SMILES string of the molecule is CCCN1CCN(C(=O)C2CC(=O)N(c3ccc(C)cc3)C2)CC1. The van der Waals surface area contributed by atoms with Crippen LogP contribution in [0, 0.1) is 12.8 Å². The molecule has 0 radical (unpaired) electrons. The zero-order valence-electron chi connectivity index (χ0n) is 14.7. The number of carbonyl (C=O) groups excluding carboxylic acids is 2. The van der Waals surface area contributed by atoms with E-state index in [0.29, 0.717) is 13.0 Å². The standard InChI is InChI=1S/C19H27N3O2/c1-3-8-20-9-11-21(12-10-20)19(24)16-13-18(23)22(14-16)17-6-4-15(2)5-7-17/h4-7,16H,3,8-14H2,1-2H3. The minimum absolute atomic E-state index is 0.0572. The molecule has 2 heterocycles. The van der Waals surface area contributed by atoms with Crippen molar-refractivity contribution in [3.8, 4) is 0 Å². The van der Waals surface area contributed by atoms with Gasteiger partial charge in [-0.05, 0) is 32.0 Å². The summed E-state index contributed by atoms with van der Waals surface area (Å²) in [7, 11) is 0. The molecule has 2 saturated heterocycles. The van der Waals surface area contributed by atoms with Crippen molar-refractivity contribution in [3.63, 3.8) is 0 Å². The minimum atomic E-state index is -0.198. The first-order chi connectivity index (χ1) is 11.6. The third-order valence-electron chi connectivity index (χ3n) is 5.04. The number of hydrogen-bond acceptors (Lipinski definition) is 3. The van der Waals surface area contributed by atoms with Gasteiger partial charge in [-0.1, -0.05) is 24.6 Å². The van der Waals surface area contributed by atoms with Gasteiger partial charge < -0.3 is 9.80 Å². The van der Waals surface area contributed by atoms with E-state index < -0.39 is 0 Å². The van der Waals surface area contributed by atoms with Crippen molar-refractivity contribution in [2.75, 3.05) is 44.2 Å². The molecule has 5 nitrogen and oxygen atoms in total. The normalized spacial score (nSPS) is 22.2. The average Bonchev–Trinajstić information content (AvgIpc) is 2.98. The molecule has 0 bridgehead atoms. The Morgan fingerprint density at radius 3 is 2.42 bits per heavy atom. The van der Waals surface area contributed by atoms with Gasteiger partial charge in [-0.3, -0.25) is 14.5 Å². The molecule has 2 fully saturated rings. The molecular formula is C19H27N3O2. The second-order valence-electron chi connectivity index (χ2n) is 6.91. The van der Waals surface area contributed by atoms with Crippen LogP contribution < -0.4 is 4.90 Å². The van der Waals surface area contributed by atoms with Crippen LogP contribution in [0.1, 0.15) is 25.3 Å². The van der Waals surface area contributed by atoms with Gasteiger partial charge in [0.15, 0.2) is 0 Å². The molecule has 3 rings (SSSR count). The van der Waals surface area contributed by atoms with Gasteiger partial charge in [0, 0.05) is 44.8 Å². The molecule has 0 N–H and O–H groups in total. The predicted molar refractivity (Wildman–Crippen MR) is 95.0 cm³/mol. The third-order valence-corrected chi connectivity index (χ3v) is 5.04. The summed E-state index contributed by atoms with van der Waals surface area (Å²) in [5.41, 5.74) is 2.07. The average molecular weight is 329 g/mol. The Morgan fingerprint density at radius 2 is 1.79 bits per heavy atom. The molecule has 0 aromatic heterocycles. The van der Waals surface area contributed by atoms with Crippen molar-refractivity contribution in [3.05, 3.63) is 29.8 Å². The molecule has 2 aliphatic heterocycles. The van der Waals surface area contributed by atoms with E-state index in [4.69, 9.17) is 0 Å². The number of carbonyl (C=O) groups is 2. The van der Waals surface area contributed by atoms with Crippen LogP contribution in [0.15, 0.2) is 24.3 Å². The summed E-state index contributed by atoms with van der Waals surface area (Å²) >= 11 is 0. The fourth-order valence-corrected chi connectivity index (χ4v) is 3.61. The molecule has 2 amide bonds. The maximum atomic E-state index is 12.8. The van der Waals surface area contributed by atoms with E-state index in [2.05, 4.69) is 11.8 Å². The highest BCUT2D eigenvalue weighted by molar-refractivity contribution is 6.00. The Bertz CT molecular complexity index is 591. The lowest BCUT2D eigenvalue weighted by molar-refractivity contribution is -0.137. The highest BCUT2D eigenvalue weighted by atomic mass is 16.2. The van der Waals surface area contributed by atoms with Crippen molar-refractivity contribution in [2.24, 2.45) is 5.92 Å². The summed E-state index contributed by atoms with van der Waals surface area (Å²) in [4.78, 5) is 31.2. The molecule has 1 atom stereocenters. The first-order valence-corrected chi connectivity index (χ1v) is 8.96. The Morgan fingerprint density at radius 1 is 1.12 bits per heavy atom. The first-order valence-electron chi connectivity index (χ1n) is 8.96. The third kappa shape index (κ3) is 3.61. The van der Waals surface area contributed by atoms with E-state index in [1.54, 1.807) is 4.90 Å². The van der Waals surface area contributed by atoms with Crippen LogP contribution in [0.4, 0.5) is 5.69 Å². The first kappa shape index (κ1) is 17.0. The summed E-state index contributed by atoms with van der Waals surface area (Å²) in [6.07, 6.45) is 1.48. The van der Waals surface area contributed by atoms with Crippen LogP contribution in [0.2, 0.25) is 0 Å². The van der Waals surface area contributed by atoms with Gasteiger partial charge in [0.1, 0.15) is 0 Å². The van der Waals surface area contributed by atoms with E-state index in [1.165, 1.54) is 5.56 Å². The molecule has 1 aromatic carbocycles. The van der Waals surface area contributed by atoms with Crippen LogP contribution in [0.3, 0.4) is 0 Å². The Hall–Kier alpha value is -1.88. The van der Waals surface area contributed by atoms with Crippen molar-refractivity contribution >= 4 is 17.5 Å². The van der Waals surface area contributed by atoms with Gasteiger partial charge in [0.05, 0.1) is 5.92 Å². The number of amides is 2. The summed E-state index contributed by atoms with van der Waals surface area (Å²) in [6, 6.07) is 7.93. The maximum Gasteiger partial charge on any atom is 0.228 e. The highest BCUT2D eigenvalue weighted by Gasteiger charge is 2.37. The Labute approximate surface area is 144 Å². The largest absolute Gasteiger partial charge is 0.340 e. The molecule has 0 saturated carbocycles. The van der Waals surface area contributed by atoms with Gasteiger partial charge >= 0.3 is 0 Å². The van der Waals surface area contributed by atoms with Gasteiger partial charge in [-0.25, -0.2) is 0 Å². The molecule has 24 heavy (non-hydrogen) atoms. The second-order valence-corrected chi connectivity index (χ2v) is 6.91. The predicted octanol–water partition coefficient (Wildman–Crippen LogP) is 1.90. The molecule has 130 valence electrons. The number of nitrogens with zero attached hydrogens (tertiary/aromatic N) is 3. The number of rotatable bonds is 4. The van der Waals surface area contributed by atoms with Crippen LogP contribution in [0.25, 0.3) is 0 Å². The van der Waals surface area contributed by atoms with Crippen molar-refractivity contribution in [1.29, 1.82) is 0 Å². The zero-order valence-corrected chi connectivity index (χ0v) is 14.7. The van der Waals surface area contributed by atoms with Gasteiger partial charge in [0.25, 0.3) is 0 Å². The topological polar surface area (TPSA) is 43.9 Å². The second kappa shape index (κ2) is 7.34. The number of benzene rings is 1. The maximum absolute atomic E-state index is 12.8. The summed E-state index contributed by atoms with van der Waals surface area (Å²) in [5, 5.41) is 0. The van der Waals surface area contributed by atoms with Crippen molar-refractivity contribution < 1.29 is 9.59 Å². The van der Waals surface area contributed by atoms with E-state index in [9.17, 15) is 9.59 Å². The monoisotopic (exact) mass is 329 g/mol. The molecule has 1 unspecified atom stereocenters. The summed E-state index contributed by atoms with van der Waals surface area (Å²) < 4.78 is 0. The van der Waals surface area contributed by atoms with Crippen LogP contribution in [0.5, 0.6) is 0 Å². The number of hydrogen-bond donors (Lipinski definition) is 0. The van der Waals surface area contributed by atoms with Crippen LogP contribution in [-0.2, 0) is 9.59 Å². The van der Waals surface area contributed by atoms with Gasteiger partial charge in [0.2, 0.25) is 11.8 Å². The summed E-state index contributed by atoms with van der Waals surface area (Å²) in [5.74, 6) is 0.00691. The molecular weight excluding hydrogens is 302 g/mol. The fraction of sp³-hybridized carbons (Fsp3) is 0.579. The van der Waals surface area contributed by atoms with Crippen molar-refractivity contribution in [1.82, 2.24) is 9.80 Å². The quantitative estimate of drug-likeness (QED) is 0.847. The lowest BCUT2D eigenvalue weighted by Gasteiger charge is -2.35. The molecule has 0 aliphatic carbocycles. The summed E-state index contributed by atoms with van der Waals surface area (Å²) in [6.45, 7) is 9.29.